The third-order valence-electron chi connectivity index (χ3n) is 3.63. The van der Waals surface area contributed by atoms with Gasteiger partial charge in [0.25, 0.3) is 0 Å². The van der Waals surface area contributed by atoms with Crippen LogP contribution < -0.4 is 19.5 Å². The molecule has 0 spiro atoms. The Morgan fingerprint density at radius 1 is 0.926 bits per heavy atom. The molecular weight excluding hydrogens is 368 g/mol. The molecule has 0 saturated carbocycles. The van der Waals surface area contributed by atoms with Crippen molar-refractivity contribution >= 4 is 22.0 Å². The Labute approximate surface area is 159 Å². The molecule has 0 aliphatic rings. The molecule has 0 bridgehead atoms. The zero-order valence-corrected chi connectivity index (χ0v) is 16.0. The van der Waals surface area contributed by atoms with E-state index in [4.69, 9.17) is 9.47 Å². The lowest BCUT2D eigenvalue weighted by atomic mass is 10.2. The summed E-state index contributed by atoms with van der Waals surface area (Å²) in [7, 11) is -0.540. The van der Waals surface area contributed by atoms with Crippen molar-refractivity contribution in [3.63, 3.8) is 0 Å². The topological polar surface area (TPSA) is 93.7 Å². The molecule has 2 aromatic rings. The van der Waals surface area contributed by atoms with Gasteiger partial charge in [0.15, 0.2) is 0 Å². The predicted molar refractivity (Wildman–Crippen MR) is 103 cm³/mol. The molecule has 7 nitrogen and oxygen atoms in total. The van der Waals surface area contributed by atoms with Gasteiger partial charge in [-0.25, -0.2) is 13.1 Å². The van der Waals surface area contributed by atoms with Crippen molar-refractivity contribution in [1.82, 2.24) is 10.0 Å². The number of sulfonamides is 1. The van der Waals surface area contributed by atoms with Crippen LogP contribution in [0.25, 0.3) is 6.08 Å². The maximum atomic E-state index is 12.2. The fourth-order valence-corrected chi connectivity index (χ4v) is 3.19. The largest absolute Gasteiger partial charge is 0.497 e. The summed E-state index contributed by atoms with van der Waals surface area (Å²) in [5, 5.41) is 2.62. The first-order valence-electron chi connectivity index (χ1n) is 8.18. The van der Waals surface area contributed by atoms with Crippen molar-refractivity contribution in [3.8, 4) is 11.5 Å². The molecule has 0 atom stereocenters. The van der Waals surface area contributed by atoms with Crippen LogP contribution in [0.1, 0.15) is 5.56 Å². The van der Waals surface area contributed by atoms with Gasteiger partial charge in [0, 0.05) is 19.2 Å². The van der Waals surface area contributed by atoms with E-state index in [9.17, 15) is 13.2 Å². The summed E-state index contributed by atoms with van der Waals surface area (Å²) in [5.41, 5.74) is 0.853. The minimum atomic E-state index is -3.63. The third kappa shape index (κ3) is 6.43. The monoisotopic (exact) mass is 390 g/mol. The number of ether oxygens (including phenoxy) is 2. The van der Waals surface area contributed by atoms with Crippen LogP contribution in [0.2, 0.25) is 0 Å². The second-order valence-corrected chi connectivity index (χ2v) is 7.24. The molecule has 0 aromatic heterocycles. The first-order chi connectivity index (χ1) is 12.9. The molecule has 0 aliphatic carbocycles. The van der Waals surface area contributed by atoms with E-state index in [0.29, 0.717) is 5.75 Å². The van der Waals surface area contributed by atoms with Gasteiger partial charge in [-0.15, -0.1) is 0 Å². The molecule has 0 saturated heterocycles. The third-order valence-corrected chi connectivity index (χ3v) is 5.11. The van der Waals surface area contributed by atoms with Crippen molar-refractivity contribution in [2.45, 2.75) is 4.90 Å². The van der Waals surface area contributed by atoms with Crippen molar-refractivity contribution in [2.75, 3.05) is 27.3 Å². The van der Waals surface area contributed by atoms with E-state index in [1.165, 1.54) is 25.3 Å². The Morgan fingerprint density at radius 3 is 2.04 bits per heavy atom. The van der Waals surface area contributed by atoms with Gasteiger partial charge in [-0.2, -0.15) is 0 Å². The molecule has 144 valence electrons. The quantitative estimate of drug-likeness (QED) is 0.503. The van der Waals surface area contributed by atoms with E-state index < -0.39 is 10.0 Å². The van der Waals surface area contributed by atoms with E-state index in [-0.39, 0.29) is 23.9 Å². The molecule has 2 N–H and O–H groups in total. The Hall–Kier alpha value is -2.84. The Morgan fingerprint density at radius 2 is 1.48 bits per heavy atom. The zero-order chi connectivity index (χ0) is 19.7. The molecule has 2 aromatic carbocycles. The summed E-state index contributed by atoms with van der Waals surface area (Å²) >= 11 is 0. The van der Waals surface area contributed by atoms with Crippen LogP contribution in [0.3, 0.4) is 0 Å². The minimum Gasteiger partial charge on any atom is -0.497 e. The number of amides is 1. The average Bonchev–Trinajstić information content (AvgIpc) is 2.70. The summed E-state index contributed by atoms with van der Waals surface area (Å²) in [6.07, 6.45) is 3.05. The van der Waals surface area contributed by atoms with Crippen molar-refractivity contribution in [1.29, 1.82) is 0 Å². The van der Waals surface area contributed by atoms with E-state index in [1.54, 1.807) is 37.5 Å². The maximum Gasteiger partial charge on any atom is 0.244 e. The van der Waals surface area contributed by atoms with Gasteiger partial charge in [0.05, 0.1) is 19.1 Å². The SMILES string of the molecule is COc1ccc(/C=C/C(=O)NCCNS(=O)(=O)c2ccc(OC)cc2)cc1. The molecule has 1 amide bonds. The summed E-state index contributed by atoms with van der Waals surface area (Å²) in [5.74, 6) is 1.00. The lowest BCUT2D eigenvalue weighted by Gasteiger charge is -2.08. The Kier molecular flexibility index (Phi) is 7.39. The first kappa shape index (κ1) is 20.5. The van der Waals surface area contributed by atoms with Crippen LogP contribution >= 0.6 is 0 Å². The fourth-order valence-electron chi connectivity index (χ4n) is 2.16. The van der Waals surface area contributed by atoms with Crippen molar-refractivity contribution in [2.24, 2.45) is 0 Å². The van der Waals surface area contributed by atoms with Gasteiger partial charge in [0.2, 0.25) is 15.9 Å². The number of hydrogen-bond donors (Lipinski definition) is 2. The second-order valence-electron chi connectivity index (χ2n) is 5.47. The van der Waals surface area contributed by atoms with Gasteiger partial charge in [-0.1, -0.05) is 12.1 Å². The van der Waals surface area contributed by atoms with E-state index in [0.717, 1.165) is 11.3 Å². The molecule has 0 unspecified atom stereocenters. The average molecular weight is 390 g/mol. The normalized spacial score (nSPS) is 11.3. The predicted octanol–water partition coefficient (Wildman–Crippen LogP) is 1.81. The molecule has 0 heterocycles. The van der Waals surface area contributed by atoms with Gasteiger partial charge in [-0.3, -0.25) is 4.79 Å². The summed E-state index contributed by atoms with van der Waals surface area (Å²) in [6.45, 7) is 0.248. The molecule has 8 heteroatoms. The second kappa shape index (κ2) is 9.75. The first-order valence-corrected chi connectivity index (χ1v) is 9.66. The molecular formula is C19H22N2O5S. The molecule has 0 fully saturated rings. The molecule has 0 aliphatic heterocycles. The van der Waals surface area contributed by atoms with Crippen LogP contribution in [-0.4, -0.2) is 41.6 Å². The number of carbonyl (C=O) groups excluding carboxylic acids is 1. The minimum absolute atomic E-state index is 0.0798. The maximum absolute atomic E-state index is 12.2. The Balaban J connectivity index is 1.77. The number of hydrogen-bond acceptors (Lipinski definition) is 5. The molecule has 27 heavy (non-hydrogen) atoms. The van der Waals surface area contributed by atoms with Crippen LogP contribution in [0.15, 0.2) is 59.5 Å². The number of nitrogens with one attached hydrogen (secondary N) is 2. The van der Waals surface area contributed by atoms with Crippen LogP contribution in [-0.2, 0) is 14.8 Å². The number of methoxy groups -OCH3 is 2. The fraction of sp³-hybridized carbons (Fsp3) is 0.211. The highest BCUT2D eigenvalue weighted by Crippen LogP contribution is 2.15. The van der Waals surface area contributed by atoms with Gasteiger partial charge in [0.1, 0.15) is 11.5 Å². The van der Waals surface area contributed by atoms with Crippen LogP contribution in [0.4, 0.5) is 0 Å². The number of carbonyl (C=O) groups is 1. The zero-order valence-electron chi connectivity index (χ0n) is 15.1. The standard InChI is InChI=1S/C19H22N2O5S/c1-25-16-6-3-15(4-7-16)5-12-19(22)20-13-14-21-27(23,24)18-10-8-17(26-2)9-11-18/h3-12,21H,13-14H2,1-2H3,(H,20,22)/b12-5+. The van der Waals surface area contributed by atoms with Crippen LogP contribution in [0, 0.1) is 0 Å². The summed E-state index contributed by atoms with van der Waals surface area (Å²) < 4.78 is 36.8. The van der Waals surface area contributed by atoms with E-state index in [1.807, 2.05) is 12.1 Å². The highest BCUT2D eigenvalue weighted by Gasteiger charge is 2.13. The van der Waals surface area contributed by atoms with E-state index >= 15 is 0 Å². The smallest absolute Gasteiger partial charge is 0.244 e. The van der Waals surface area contributed by atoms with Crippen LogP contribution in [0.5, 0.6) is 11.5 Å². The lowest BCUT2D eigenvalue weighted by molar-refractivity contribution is -0.116. The number of rotatable bonds is 9. The van der Waals surface area contributed by atoms with E-state index in [2.05, 4.69) is 10.0 Å². The van der Waals surface area contributed by atoms with Gasteiger partial charge >= 0.3 is 0 Å². The molecule has 0 radical (unpaired) electrons. The molecule has 2 rings (SSSR count). The number of benzene rings is 2. The summed E-state index contributed by atoms with van der Waals surface area (Å²) in [4.78, 5) is 11.9. The highest BCUT2D eigenvalue weighted by molar-refractivity contribution is 7.89. The van der Waals surface area contributed by atoms with Gasteiger partial charge in [-0.05, 0) is 48.0 Å². The van der Waals surface area contributed by atoms with Crippen molar-refractivity contribution in [3.05, 3.63) is 60.2 Å². The Bertz CT molecular complexity index is 875. The summed E-state index contributed by atoms with van der Waals surface area (Å²) in [6, 6.07) is 13.3. The highest BCUT2D eigenvalue weighted by atomic mass is 32.2. The lowest BCUT2D eigenvalue weighted by Crippen LogP contribution is -2.34. The van der Waals surface area contributed by atoms with Gasteiger partial charge < -0.3 is 14.8 Å². The van der Waals surface area contributed by atoms with Crippen molar-refractivity contribution < 1.29 is 22.7 Å².